The Kier molecular flexibility index (Phi) is 9.65. The molecule has 0 amide bonds. The zero-order valence-electron chi connectivity index (χ0n) is 21.0. The normalized spacial score (nSPS) is 11.8. The van der Waals surface area contributed by atoms with E-state index in [1.54, 1.807) is 12.1 Å². The number of anilines is 1. The number of rotatable bonds is 12. The van der Waals surface area contributed by atoms with Crippen molar-refractivity contribution in [3.05, 3.63) is 78.4 Å². The zero-order valence-corrected chi connectivity index (χ0v) is 21.0. The molecule has 0 spiro atoms. The molecule has 0 atom stereocenters. The summed E-state index contributed by atoms with van der Waals surface area (Å²) in [5.74, 6) is 0.457. The third-order valence-electron chi connectivity index (χ3n) is 5.33. The third kappa shape index (κ3) is 9.82. The van der Waals surface area contributed by atoms with Crippen molar-refractivity contribution in [1.29, 1.82) is 0 Å². The van der Waals surface area contributed by atoms with Gasteiger partial charge in [0.15, 0.2) is 0 Å². The summed E-state index contributed by atoms with van der Waals surface area (Å²) in [5, 5.41) is 3.47. The van der Waals surface area contributed by atoms with Gasteiger partial charge in [0, 0.05) is 6.54 Å². The second-order valence-corrected chi connectivity index (χ2v) is 9.46. The van der Waals surface area contributed by atoms with Crippen molar-refractivity contribution >= 4 is 5.69 Å². The molecule has 0 aromatic heterocycles. The number of hydrogen-bond acceptors (Lipinski definition) is 4. The van der Waals surface area contributed by atoms with Gasteiger partial charge in [0.05, 0.1) is 17.9 Å². The number of hydrogen-bond donors (Lipinski definition) is 1. The first-order valence-corrected chi connectivity index (χ1v) is 12.1. The predicted molar refractivity (Wildman–Crippen MR) is 138 cm³/mol. The van der Waals surface area contributed by atoms with E-state index in [-0.39, 0.29) is 11.4 Å². The standard InChI is InChI=1S/C29H34F3NO3/c1-28(2,3)35-20-19-34-27-17-14-24(23-12-15-25(16-13-23)36-29(30,31)32)21-26(27)33-18-8-7-11-22-9-5-4-6-10-22/h4-6,9-10,12-17,21,33H,7-8,11,18-20H2,1-3H3. The summed E-state index contributed by atoms with van der Waals surface area (Å²) in [4.78, 5) is 0. The molecule has 194 valence electrons. The lowest BCUT2D eigenvalue weighted by atomic mass is 10.0. The van der Waals surface area contributed by atoms with Crippen molar-refractivity contribution in [3.8, 4) is 22.6 Å². The van der Waals surface area contributed by atoms with Crippen LogP contribution in [0, 0.1) is 0 Å². The van der Waals surface area contributed by atoms with Crippen molar-refractivity contribution in [1.82, 2.24) is 0 Å². The molecule has 3 aromatic carbocycles. The van der Waals surface area contributed by atoms with Crippen LogP contribution in [0.25, 0.3) is 11.1 Å². The Morgan fingerprint density at radius 3 is 2.14 bits per heavy atom. The summed E-state index contributed by atoms with van der Waals surface area (Å²) in [7, 11) is 0. The van der Waals surface area contributed by atoms with Crippen LogP contribution < -0.4 is 14.8 Å². The van der Waals surface area contributed by atoms with Crippen LogP contribution >= 0.6 is 0 Å². The fraction of sp³-hybridized carbons (Fsp3) is 0.379. The SMILES string of the molecule is CC(C)(C)OCCOc1ccc(-c2ccc(OC(F)(F)F)cc2)cc1NCCCCc1ccccc1. The Bertz CT molecular complexity index is 1060. The monoisotopic (exact) mass is 501 g/mol. The number of nitrogens with one attached hydrogen (secondary N) is 1. The molecule has 0 fully saturated rings. The van der Waals surface area contributed by atoms with E-state index in [1.165, 1.54) is 17.7 Å². The maximum atomic E-state index is 12.5. The Labute approximate surface area is 211 Å². The van der Waals surface area contributed by atoms with Crippen LogP contribution in [0.15, 0.2) is 72.8 Å². The summed E-state index contributed by atoms with van der Waals surface area (Å²) >= 11 is 0. The fourth-order valence-corrected chi connectivity index (χ4v) is 3.64. The lowest BCUT2D eigenvalue weighted by Crippen LogP contribution is -2.22. The molecule has 7 heteroatoms. The quantitative estimate of drug-likeness (QED) is 0.256. The highest BCUT2D eigenvalue weighted by atomic mass is 19.4. The van der Waals surface area contributed by atoms with Crippen molar-refractivity contribution in [2.24, 2.45) is 0 Å². The van der Waals surface area contributed by atoms with Gasteiger partial charge in [-0.2, -0.15) is 0 Å². The summed E-state index contributed by atoms with van der Waals surface area (Å²) in [6, 6.07) is 21.9. The Balaban J connectivity index is 1.65. The average molecular weight is 502 g/mol. The van der Waals surface area contributed by atoms with E-state index in [0.29, 0.717) is 19.0 Å². The van der Waals surface area contributed by atoms with Crippen LogP contribution in [0.3, 0.4) is 0 Å². The van der Waals surface area contributed by atoms with E-state index in [9.17, 15) is 13.2 Å². The first-order chi connectivity index (χ1) is 17.1. The summed E-state index contributed by atoms with van der Waals surface area (Å²) in [6.45, 7) is 7.62. The minimum atomic E-state index is -4.71. The van der Waals surface area contributed by atoms with E-state index in [2.05, 4.69) is 22.2 Å². The van der Waals surface area contributed by atoms with Gasteiger partial charge in [-0.25, -0.2) is 0 Å². The number of aryl methyl sites for hydroxylation is 1. The van der Waals surface area contributed by atoms with Crippen molar-refractivity contribution in [2.45, 2.75) is 52.0 Å². The molecule has 1 N–H and O–H groups in total. The van der Waals surface area contributed by atoms with Crippen LogP contribution in [0.2, 0.25) is 0 Å². The zero-order chi connectivity index (χ0) is 26.0. The van der Waals surface area contributed by atoms with Gasteiger partial charge in [-0.1, -0.05) is 48.5 Å². The lowest BCUT2D eigenvalue weighted by molar-refractivity contribution is -0.274. The van der Waals surface area contributed by atoms with Gasteiger partial charge in [-0.3, -0.25) is 0 Å². The topological polar surface area (TPSA) is 39.7 Å². The molecule has 0 saturated carbocycles. The maximum absolute atomic E-state index is 12.5. The van der Waals surface area contributed by atoms with Gasteiger partial charge < -0.3 is 19.5 Å². The molecular formula is C29H34F3NO3. The molecular weight excluding hydrogens is 467 g/mol. The first kappa shape index (κ1) is 27.4. The fourth-order valence-electron chi connectivity index (χ4n) is 3.64. The smallest absolute Gasteiger partial charge is 0.489 e. The molecule has 0 heterocycles. The molecule has 3 rings (SSSR count). The average Bonchev–Trinajstić information content (AvgIpc) is 2.82. The lowest BCUT2D eigenvalue weighted by Gasteiger charge is -2.20. The molecule has 3 aromatic rings. The molecule has 0 aliphatic rings. The number of ether oxygens (including phenoxy) is 3. The molecule has 36 heavy (non-hydrogen) atoms. The van der Waals surface area contributed by atoms with Gasteiger partial charge in [0.2, 0.25) is 0 Å². The van der Waals surface area contributed by atoms with E-state index in [0.717, 1.165) is 42.6 Å². The van der Waals surface area contributed by atoms with Crippen LogP contribution in [0.5, 0.6) is 11.5 Å². The Morgan fingerprint density at radius 2 is 1.47 bits per heavy atom. The minimum absolute atomic E-state index is 0.241. The molecule has 0 bridgehead atoms. The maximum Gasteiger partial charge on any atom is 0.573 e. The highest BCUT2D eigenvalue weighted by Crippen LogP contribution is 2.32. The van der Waals surface area contributed by atoms with Gasteiger partial charge in [-0.05, 0) is 81.0 Å². The van der Waals surface area contributed by atoms with E-state index in [4.69, 9.17) is 9.47 Å². The molecule has 0 aliphatic carbocycles. The molecule has 0 saturated heterocycles. The van der Waals surface area contributed by atoms with Crippen LogP contribution in [-0.2, 0) is 11.2 Å². The molecule has 0 unspecified atom stereocenters. The summed E-state index contributed by atoms with van der Waals surface area (Å²) < 4.78 is 53.1. The Morgan fingerprint density at radius 1 is 0.778 bits per heavy atom. The Hall–Kier alpha value is -3.19. The highest BCUT2D eigenvalue weighted by Gasteiger charge is 2.31. The van der Waals surface area contributed by atoms with Gasteiger partial charge in [0.25, 0.3) is 0 Å². The number of alkyl halides is 3. The predicted octanol–water partition coefficient (Wildman–Crippen LogP) is 7.88. The van der Waals surface area contributed by atoms with Gasteiger partial charge in [0.1, 0.15) is 18.1 Å². The second kappa shape index (κ2) is 12.7. The van der Waals surface area contributed by atoms with Gasteiger partial charge >= 0.3 is 6.36 Å². The van der Waals surface area contributed by atoms with Crippen LogP contribution in [0.4, 0.5) is 18.9 Å². The molecule has 0 aliphatic heterocycles. The largest absolute Gasteiger partial charge is 0.573 e. The van der Waals surface area contributed by atoms with E-state index >= 15 is 0 Å². The number of unbranched alkanes of at least 4 members (excludes halogenated alkanes) is 1. The third-order valence-corrected chi connectivity index (χ3v) is 5.33. The van der Waals surface area contributed by atoms with Crippen LogP contribution in [-0.4, -0.2) is 31.7 Å². The highest BCUT2D eigenvalue weighted by molar-refractivity contribution is 5.72. The van der Waals surface area contributed by atoms with E-state index in [1.807, 2.05) is 57.2 Å². The number of halogens is 3. The van der Waals surface area contributed by atoms with Crippen molar-refractivity contribution in [2.75, 3.05) is 25.1 Å². The first-order valence-electron chi connectivity index (χ1n) is 12.1. The van der Waals surface area contributed by atoms with Crippen molar-refractivity contribution in [3.63, 3.8) is 0 Å². The summed E-state index contributed by atoms with van der Waals surface area (Å²) in [5.41, 5.74) is 3.55. The van der Waals surface area contributed by atoms with Crippen molar-refractivity contribution < 1.29 is 27.4 Å². The van der Waals surface area contributed by atoms with Gasteiger partial charge in [-0.15, -0.1) is 13.2 Å². The summed E-state index contributed by atoms with van der Waals surface area (Å²) in [6.07, 6.45) is -1.67. The van der Waals surface area contributed by atoms with E-state index < -0.39 is 6.36 Å². The van der Waals surface area contributed by atoms with Crippen LogP contribution in [0.1, 0.15) is 39.2 Å². The minimum Gasteiger partial charge on any atom is -0.489 e. The second-order valence-electron chi connectivity index (χ2n) is 9.46. The molecule has 4 nitrogen and oxygen atoms in total. The number of benzene rings is 3. The molecule has 0 radical (unpaired) electrons.